The lowest BCUT2D eigenvalue weighted by Crippen LogP contribution is -2.48. The third kappa shape index (κ3) is 4.12. The number of hydrogen-bond acceptors (Lipinski definition) is 6. The smallest absolute Gasteiger partial charge is 0.238 e. The normalized spacial score (nSPS) is 17.2. The van der Waals surface area contributed by atoms with E-state index in [1.54, 1.807) is 12.3 Å². The molecule has 2 aliphatic heterocycles. The molecule has 1 N–H and O–H groups in total. The number of benzene rings is 1. The van der Waals surface area contributed by atoms with Gasteiger partial charge in [-0.1, -0.05) is 6.07 Å². The van der Waals surface area contributed by atoms with Gasteiger partial charge >= 0.3 is 0 Å². The average Bonchev–Trinajstić information content (AvgIpc) is 3.12. The molecule has 1 fully saturated rings. The van der Waals surface area contributed by atoms with Crippen molar-refractivity contribution in [2.45, 2.75) is 6.54 Å². The Balaban J connectivity index is 1.23. The summed E-state index contributed by atoms with van der Waals surface area (Å²) in [4.78, 5) is 21.0. The van der Waals surface area contributed by atoms with Gasteiger partial charge in [0.05, 0.1) is 6.54 Å². The molecule has 7 heteroatoms. The standard InChI is InChI=1S/C19H22N4O3/c24-19(21-16-3-4-17-18(10-16)26-14-25-17)13-23-8-6-22(7-9-23)12-15-2-1-5-20-11-15/h1-5,10-11H,6-9,12-14H2,(H,21,24). The van der Waals surface area contributed by atoms with Crippen molar-refractivity contribution in [1.82, 2.24) is 14.8 Å². The number of fused-ring (bicyclic) bond motifs is 1. The molecule has 136 valence electrons. The topological polar surface area (TPSA) is 66.9 Å². The highest BCUT2D eigenvalue weighted by Crippen LogP contribution is 2.34. The van der Waals surface area contributed by atoms with E-state index in [-0.39, 0.29) is 12.7 Å². The zero-order valence-corrected chi connectivity index (χ0v) is 14.6. The largest absolute Gasteiger partial charge is 0.454 e. The monoisotopic (exact) mass is 354 g/mol. The van der Waals surface area contributed by atoms with Crippen molar-refractivity contribution < 1.29 is 14.3 Å². The van der Waals surface area contributed by atoms with Crippen LogP contribution >= 0.6 is 0 Å². The number of amides is 1. The summed E-state index contributed by atoms with van der Waals surface area (Å²) in [6, 6.07) is 9.50. The molecule has 2 aliphatic rings. The predicted molar refractivity (Wildman–Crippen MR) is 97.1 cm³/mol. The lowest BCUT2D eigenvalue weighted by atomic mass is 10.2. The lowest BCUT2D eigenvalue weighted by molar-refractivity contribution is -0.117. The number of aromatic nitrogens is 1. The summed E-state index contributed by atoms with van der Waals surface area (Å²) in [5, 5.41) is 2.93. The Labute approximate surface area is 152 Å². The summed E-state index contributed by atoms with van der Waals surface area (Å²) in [6.07, 6.45) is 3.70. The first-order valence-corrected chi connectivity index (χ1v) is 8.79. The molecule has 0 radical (unpaired) electrons. The van der Waals surface area contributed by atoms with Gasteiger partial charge in [-0.05, 0) is 23.8 Å². The second kappa shape index (κ2) is 7.72. The fourth-order valence-corrected chi connectivity index (χ4v) is 3.23. The van der Waals surface area contributed by atoms with Gasteiger partial charge in [-0.3, -0.25) is 19.6 Å². The molecule has 1 saturated heterocycles. The van der Waals surface area contributed by atoms with Crippen LogP contribution < -0.4 is 14.8 Å². The van der Waals surface area contributed by atoms with E-state index in [4.69, 9.17) is 9.47 Å². The minimum atomic E-state index is -0.00965. The molecular weight excluding hydrogens is 332 g/mol. The fourth-order valence-electron chi connectivity index (χ4n) is 3.23. The zero-order chi connectivity index (χ0) is 17.8. The fraction of sp³-hybridized carbons (Fsp3) is 0.368. The Morgan fingerprint density at radius 3 is 2.69 bits per heavy atom. The van der Waals surface area contributed by atoms with E-state index in [9.17, 15) is 4.79 Å². The zero-order valence-electron chi connectivity index (χ0n) is 14.6. The summed E-state index contributed by atoms with van der Waals surface area (Å²) in [5.74, 6) is 1.38. The van der Waals surface area contributed by atoms with E-state index < -0.39 is 0 Å². The second-order valence-corrected chi connectivity index (χ2v) is 6.53. The van der Waals surface area contributed by atoms with Crippen LogP contribution in [0.2, 0.25) is 0 Å². The number of nitrogens with one attached hydrogen (secondary N) is 1. The van der Waals surface area contributed by atoms with E-state index in [1.807, 2.05) is 24.4 Å². The molecule has 0 bridgehead atoms. The van der Waals surface area contributed by atoms with Crippen molar-refractivity contribution in [3.8, 4) is 11.5 Å². The molecule has 1 aromatic carbocycles. The molecule has 7 nitrogen and oxygen atoms in total. The Bertz CT molecular complexity index is 761. The molecule has 0 spiro atoms. The summed E-state index contributed by atoms with van der Waals surface area (Å²) in [7, 11) is 0. The number of ether oxygens (including phenoxy) is 2. The number of piperazine rings is 1. The van der Waals surface area contributed by atoms with Crippen molar-refractivity contribution in [3.05, 3.63) is 48.3 Å². The number of nitrogens with zero attached hydrogens (tertiary/aromatic N) is 3. The maximum Gasteiger partial charge on any atom is 0.238 e. The third-order valence-electron chi connectivity index (χ3n) is 4.62. The van der Waals surface area contributed by atoms with Crippen LogP contribution in [0.1, 0.15) is 5.56 Å². The van der Waals surface area contributed by atoms with Crippen molar-refractivity contribution >= 4 is 11.6 Å². The molecule has 2 aromatic rings. The van der Waals surface area contributed by atoms with Crippen LogP contribution in [0.4, 0.5) is 5.69 Å². The minimum absolute atomic E-state index is 0.00965. The van der Waals surface area contributed by atoms with E-state index in [0.717, 1.165) is 38.4 Å². The Hall–Kier alpha value is -2.64. The second-order valence-electron chi connectivity index (χ2n) is 6.53. The third-order valence-corrected chi connectivity index (χ3v) is 4.62. The summed E-state index contributed by atoms with van der Waals surface area (Å²) in [5.41, 5.74) is 1.95. The number of hydrogen-bond donors (Lipinski definition) is 1. The van der Waals surface area contributed by atoms with E-state index in [1.165, 1.54) is 5.56 Å². The van der Waals surface area contributed by atoms with Crippen molar-refractivity contribution in [2.24, 2.45) is 0 Å². The van der Waals surface area contributed by atoms with E-state index in [2.05, 4.69) is 26.2 Å². The van der Waals surface area contributed by atoms with E-state index in [0.29, 0.717) is 18.0 Å². The van der Waals surface area contributed by atoms with Gasteiger partial charge in [0, 0.05) is 56.9 Å². The van der Waals surface area contributed by atoms with Gasteiger partial charge in [-0.25, -0.2) is 0 Å². The summed E-state index contributed by atoms with van der Waals surface area (Å²) in [6.45, 7) is 5.21. The van der Waals surface area contributed by atoms with Gasteiger partial charge in [-0.2, -0.15) is 0 Å². The first-order valence-electron chi connectivity index (χ1n) is 8.79. The van der Waals surface area contributed by atoms with Gasteiger partial charge in [0.15, 0.2) is 11.5 Å². The molecule has 4 rings (SSSR count). The average molecular weight is 354 g/mol. The molecular formula is C19H22N4O3. The highest BCUT2D eigenvalue weighted by Gasteiger charge is 2.20. The van der Waals surface area contributed by atoms with Gasteiger partial charge in [0.2, 0.25) is 12.7 Å². The van der Waals surface area contributed by atoms with Crippen molar-refractivity contribution in [3.63, 3.8) is 0 Å². The van der Waals surface area contributed by atoms with Gasteiger partial charge < -0.3 is 14.8 Å². The Kier molecular flexibility index (Phi) is 4.99. The number of anilines is 1. The number of carbonyl (C=O) groups is 1. The van der Waals surface area contributed by atoms with Crippen LogP contribution in [-0.4, -0.2) is 60.2 Å². The summed E-state index contributed by atoms with van der Waals surface area (Å²) < 4.78 is 10.6. The Morgan fingerprint density at radius 2 is 1.88 bits per heavy atom. The van der Waals surface area contributed by atoms with Crippen LogP contribution in [0.5, 0.6) is 11.5 Å². The van der Waals surface area contributed by atoms with Crippen LogP contribution in [0.25, 0.3) is 0 Å². The van der Waals surface area contributed by atoms with Crippen LogP contribution in [-0.2, 0) is 11.3 Å². The highest BCUT2D eigenvalue weighted by molar-refractivity contribution is 5.92. The Morgan fingerprint density at radius 1 is 1.08 bits per heavy atom. The molecule has 1 amide bonds. The molecule has 0 unspecified atom stereocenters. The molecule has 26 heavy (non-hydrogen) atoms. The first-order chi connectivity index (χ1) is 12.8. The lowest BCUT2D eigenvalue weighted by Gasteiger charge is -2.34. The molecule has 1 aromatic heterocycles. The molecule has 3 heterocycles. The quantitative estimate of drug-likeness (QED) is 0.879. The maximum absolute atomic E-state index is 12.3. The number of carbonyl (C=O) groups excluding carboxylic acids is 1. The molecule has 0 saturated carbocycles. The maximum atomic E-state index is 12.3. The number of pyridine rings is 1. The van der Waals surface area contributed by atoms with Gasteiger partial charge in [-0.15, -0.1) is 0 Å². The summed E-state index contributed by atoms with van der Waals surface area (Å²) >= 11 is 0. The van der Waals surface area contributed by atoms with Crippen molar-refractivity contribution in [2.75, 3.05) is 44.8 Å². The van der Waals surface area contributed by atoms with Gasteiger partial charge in [0.1, 0.15) is 0 Å². The molecule has 0 atom stereocenters. The van der Waals surface area contributed by atoms with E-state index >= 15 is 0 Å². The van der Waals surface area contributed by atoms with Gasteiger partial charge in [0.25, 0.3) is 0 Å². The minimum Gasteiger partial charge on any atom is -0.454 e. The number of rotatable bonds is 5. The van der Waals surface area contributed by atoms with Crippen molar-refractivity contribution in [1.29, 1.82) is 0 Å². The van der Waals surface area contributed by atoms with Crippen LogP contribution in [0.15, 0.2) is 42.7 Å². The SMILES string of the molecule is O=C(CN1CCN(Cc2cccnc2)CC1)Nc1ccc2c(c1)OCO2. The predicted octanol–water partition coefficient (Wildman–Crippen LogP) is 1.57. The molecule has 0 aliphatic carbocycles. The highest BCUT2D eigenvalue weighted by atomic mass is 16.7. The van der Waals surface area contributed by atoms with Crippen LogP contribution in [0, 0.1) is 0 Å². The van der Waals surface area contributed by atoms with Crippen LogP contribution in [0.3, 0.4) is 0 Å². The first kappa shape index (κ1) is 16.8.